The average Bonchev–Trinajstić information content (AvgIpc) is 2.67. The van der Waals surface area contributed by atoms with Crippen LogP contribution in [0.1, 0.15) is 24.2 Å². The third kappa shape index (κ3) is 3.40. The molecule has 0 aromatic heterocycles. The Labute approximate surface area is 162 Å². The number of carbonyl (C=O) groups is 2. The molecule has 0 unspecified atom stereocenters. The van der Waals surface area contributed by atoms with Crippen molar-refractivity contribution in [3.63, 3.8) is 0 Å². The van der Waals surface area contributed by atoms with Crippen LogP contribution in [0.5, 0.6) is 23.0 Å². The maximum absolute atomic E-state index is 12.8. The summed E-state index contributed by atoms with van der Waals surface area (Å²) in [4.78, 5) is 25.1. The van der Waals surface area contributed by atoms with Crippen LogP contribution in [0.15, 0.2) is 30.3 Å². The molecule has 0 bridgehead atoms. The van der Waals surface area contributed by atoms with Crippen molar-refractivity contribution in [3.8, 4) is 23.0 Å². The topological polar surface area (TPSA) is 95.1 Å². The van der Waals surface area contributed by atoms with Gasteiger partial charge in [0.2, 0.25) is 5.75 Å². The first kappa shape index (κ1) is 19.3. The fourth-order valence-corrected chi connectivity index (χ4v) is 2.84. The summed E-state index contributed by atoms with van der Waals surface area (Å²) in [5, 5.41) is 5.58. The normalized spacial score (nSPS) is 14.2. The van der Waals surface area contributed by atoms with Crippen LogP contribution in [0, 0.1) is 0 Å². The Kier molecular flexibility index (Phi) is 5.04. The van der Waals surface area contributed by atoms with Gasteiger partial charge in [0.15, 0.2) is 17.1 Å². The van der Waals surface area contributed by atoms with E-state index in [1.807, 2.05) is 0 Å². The number of amides is 2. The Morgan fingerprint density at radius 2 is 1.71 bits per heavy atom. The van der Waals surface area contributed by atoms with Crippen molar-refractivity contribution >= 4 is 23.2 Å². The lowest BCUT2D eigenvalue weighted by Crippen LogP contribution is -2.45. The van der Waals surface area contributed by atoms with Gasteiger partial charge in [-0.25, -0.2) is 0 Å². The number of benzene rings is 2. The molecule has 1 aliphatic rings. The van der Waals surface area contributed by atoms with Gasteiger partial charge in [-0.2, -0.15) is 0 Å². The Morgan fingerprint density at radius 1 is 1.07 bits per heavy atom. The third-order valence-corrected chi connectivity index (χ3v) is 4.35. The van der Waals surface area contributed by atoms with E-state index in [-0.39, 0.29) is 5.91 Å². The van der Waals surface area contributed by atoms with E-state index in [4.69, 9.17) is 18.9 Å². The summed E-state index contributed by atoms with van der Waals surface area (Å²) < 4.78 is 21.6. The number of anilines is 2. The molecule has 3 rings (SSSR count). The highest BCUT2D eigenvalue weighted by molar-refractivity contribution is 6.10. The molecule has 8 heteroatoms. The zero-order chi connectivity index (χ0) is 20.5. The van der Waals surface area contributed by atoms with E-state index >= 15 is 0 Å². The minimum absolute atomic E-state index is 0.297. The first-order valence-electron chi connectivity index (χ1n) is 8.55. The number of methoxy groups -OCH3 is 3. The number of hydrogen-bond acceptors (Lipinski definition) is 6. The molecule has 28 heavy (non-hydrogen) atoms. The van der Waals surface area contributed by atoms with Crippen LogP contribution < -0.4 is 29.6 Å². The fourth-order valence-electron chi connectivity index (χ4n) is 2.84. The monoisotopic (exact) mass is 386 g/mol. The van der Waals surface area contributed by atoms with E-state index in [1.54, 1.807) is 44.2 Å². The Bertz CT molecular complexity index is 913. The first-order valence-corrected chi connectivity index (χ1v) is 8.55. The molecular weight excluding hydrogens is 364 g/mol. The van der Waals surface area contributed by atoms with Gasteiger partial charge < -0.3 is 29.6 Å². The molecule has 0 spiro atoms. The van der Waals surface area contributed by atoms with Crippen LogP contribution >= 0.6 is 0 Å². The average molecular weight is 386 g/mol. The molecule has 0 aliphatic carbocycles. The van der Waals surface area contributed by atoms with Gasteiger partial charge in [0.25, 0.3) is 11.8 Å². The van der Waals surface area contributed by atoms with Crippen LogP contribution in [-0.2, 0) is 4.79 Å². The predicted octanol–water partition coefficient (Wildman–Crippen LogP) is 3.07. The lowest BCUT2D eigenvalue weighted by Gasteiger charge is -2.32. The smallest absolute Gasteiger partial charge is 0.268 e. The number of fused-ring (bicyclic) bond motifs is 1. The summed E-state index contributed by atoms with van der Waals surface area (Å²) >= 11 is 0. The van der Waals surface area contributed by atoms with Gasteiger partial charge in [0.1, 0.15) is 11.4 Å². The van der Waals surface area contributed by atoms with E-state index in [9.17, 15) is 9.59 Å². The van der Waals surface area contributed by atoms with Crippen molar-refractivity contribution in [2.75, 3.05) is 32.0 Å². The van der Waals surface area contributed by atoms with E-state index < -0.39 is 11.5 Å². The second-order valence-corrected chi connectivity index (χ2v) is 6.61. The third-order valence-electron chi connectivity index (χ3n) is 4.35. The van der Waals surface area contributed by atoms with Crippen molar-refractivity contribution in [2.24, 2.45) is 0 Å². The van der Waals surface area contributed by atoms with Crippen LogP contribution in [0.3, 0.4) is 0 Å². The van der Waals surface area contributed by atoms with Crippen LogP contribution in [-0.4, -0.2) is 38.7 Å². The maximum atomic E-state index is 12.8. The predicted molar refractivity (Wildman–Crippen MR) is 104 cm³/mol. The highest BCUT2D eigenvalue weighted by atomic mass is 16.5. The second kappa shape index (κ2) is 7.30. The lowest BCUT2D eigenvalue weighted by molar-refractivity contribution is -0.129. The number of rotatable bonds is 5. The summed E-state index contributed by atoms with van der Waals surface area (Å²) in [6, 6.07) is 8.23. The minimum atomic E-state index is -0.994. The number of hydrogen-bond donors (Lipinski definition) is 2. The Morgan fingerprint density at radius 3 is 2.29 bits per heavy atom. The minimum Gasteiger partial charge on any atom is -0.493 e. The molecule has 2 N–H and O–H groups in total. The lowest BCUT2D eigenvalue weighted by atomic mass is 10.1. The largest absolute Gasteiger partial charge is 0.493 e. The molecular formula is C20H22N2O6. The van der Waals surface area contributed by atoms with Crippen LogP contribution in [0.2, 0.25) is 0 Å². The standard InChI is InChI=1S/C20H22N2O6/c1-20(2)19(24)22-16-12(7-6-8-13(16)28-20)21-18(23)11-9-14(25-3)17(27-5)15(10-11)26-4/h6-10H,1-5H3,(H,21,23)(H,22,24). The molecule has 1 aliphatic heterocycles. The zero-order valence-electron chi connectivity index (χ0n) is 16.3. The molecule has 148 valence electrons. The van der Waals surface area contributed by atoms with E-state index in [0.29, 0.717) is 39.9 Å². The summed E-state index contributed by atoms with van der Waals surface area (Å²) in [6.07, 6.45) is 0. The van der Waals surface area contributed by atoms with Gasteiger partial charge in [-0.3, -0.25) is 9.59 Å². The van der Waals surface area contributed by atoms with E-state index in [1.165, 1.54) is 21.3 Å². The van der Waals surface area contributed by atoms with Crippen molar-refractivity contribution in [2.45, 2.75) is 19.4 Å². The number of ether oxygens (including phenoxy) is 4. The van der Waals surface area contributed by atoms with Gasteiger partial charge in [-0.1, -0.05) is 6.07 Å². The molecule has 2 aromatic carbocycles. The van der Waals surface area contributed by atoms with Gasteiger partial charge in [0, 0.05) is 5.56 Å². The molecule has 8 nitrogen and oxygen atoms in total. The molecule has 0 atom stereocenters. The summed E-state index contributed by atoms with van der Waals surface area (Å²) in [5.74, 6) is 0.885. The van der Waals surface area contributed by atoms with Gasteiger partial charge in [0.05, 0.1) is 27.0 Å². The molecule has 2 amide bonds. The summed E-state index contributed by atoms with van der Waals surface area (Å²) in [6.45, 7) is 3.35. The second-order valence-electron chi connectivity index (χ2n) is 6.61. The highest BCUT2D eigenvalue weighted by Gasteiger charge is 2.36. The summed E-state index contributed by atoms with van der Waals surface area (Å²) in [5.41, 5.74) is 0.134. The molecule has 1 heterocycles. The number of nitrogens with one attached hydrogen (secondary N) is 2. The first-order chi connectivity index (χ1) is 13.3. The Hall–Kier alpha value is -3.42. The Balaban J connectivity index is 1.94. The zero-order valence-corrected chi connectivity index (χ0v) is 16.3. The van der Waals surface area contributed by atoms with Crippen molar-refractivity contribution in [1.29, 1.82) is 0 Å². The van der Waals surface area contributed by atoms with E-state index in [0.717, 1.165) is 0 Å². The fraction of sp³-hybridized carbons (Fsp3) is 0.300. The molecule has 0 saturated carbocycles. The molecule has 0 fully saturated rings. The highest BCUT2D eigenvalue weighted by Crippen LogP contribution is 2.40. The molecule has 0 radical (unpaired) electrons. The summed E-state index contributed by atoms with van der Waals surface area (Å²) in [7, 11) is 4.43. The van der Waals surface area contributed by atoms with Gasteiger partial charge >= 0.3 is 0 Å². The van der Waals surface area contributed by atoms with Crippen LogP contribution in [0.4, 0.5) is 11.4 Å². The quantitative estimate of drug-likeness (QED) is 0.820. The number of carbonyl (C=O) groups excluding carboxylic acids is 2. The maximum Gasteiger partial charge on any atom is 0.268 e. The molecule has 0 saturated heterocycles. The van der Waals surface area contributed by atoms with Gasteiger partial charge in [-0.15, -0.1) is 0 Å². The van der Waals surface area contributed by atoms with Crippen molar-refractivity contribution < 1.29 is 28.5 Å². The van der Waals surface area contributed by atoms with Gasteiger partial charge in [-0.05, 0) is 38.1 Å². The SMILES string of the molecule is COc1cc(C(=O)Nc2cccc3c2NC(=O)C(C)(C)O3)cc(OC)c1OC. The molecule has 2 aromatic rings. The van der Waals surface area contributed by atoms with Crippen molar-refractivity contribution in [3.05, 3.63) is 35.9 Å². The van der Waals surface area contributed by atoms with Crippen LogP contribution in [0.25, 0.3) is 0 Å². The number of para-hydroxylation sites is 1. The van der Waals surface area contributed by atoms with E-state index in [2.05, 4.69) is 10.6 Å². The van der Waals surface area contributed by atoms with Crippen molar-refractivity contribution in [1.82, 2.24) is 0 Å².